The molecule has 0 aliphatic heterocycles. The molecule has 0 heterocycles. The second kappa shape index (κ2) is 6.19. The van der Waals surface area contributed by atoms with E-state index in [1.54, 1.807) is 12.1 Å². The van der Waals surface area contributed by atoms with Crippen LogP contribution in [-0.4, -0.2) is 6.54 Å². The number of hydrogen-bond acceptors (Lipinski definition) is 2. The summed E-state index contributed by atoms with van der Waals surface area (Å²) < 4.78 is 12.6. The molecule has 3 N–H and O–H groups in total. The van der Waals surface area contributed by atoms with Crippen molar-refractivity contribution in [3.05, 3.63) is 47.4 Å². The molecule has 82 valence electrons. The van der Waals surface area contributed by atoms with Gasteiger partial charge < -0.3 is 11.1 Å². The summed E-state index contributed by atoms with van der Waals surface area (Å²) in [4.78, 5) is 0. The highest BCUT2D eigenvalue weighted by Gasteiger charge is 1.93. The zero-order valence-electron chi connectivity index (χ0n) is 8.96. The third kappa shape index (κ3) is 4.13. The number of hydrogen-bond donors (Lipinski definition) is 2. The Morgan fingerprint density at radius 2 is 2.07 bits per heavy atom. The van der Waals surface area contributed by atoms with Crippen molar-refractivity contribution in [2.24, 2.45) is 5.73 Å². The van der Waals surface area contributed by atoms with E-state index in [0.29, 0.717) is 13.1 Å². The van der Waals surface area contributed by atoms with Crippen LogP contribution in [0.5, 0.6) is 0 Å². The van der Waals surface area contributed by atoms with Crippen molar-refractivity contribution < 1.29 is 4.39 Å². The first kappa shape index (κ1) is 11.7. The van der Waals surface area contributed by atoms with Crippen LogP contribution in [0.15, 0.2) is 36.0 Å². The van der Waals surface area contributed by atoms with E-state index in [-0.39, 0.29) is 5.82 Å². The van der Waals surface area contributed by atoms with Gasteiger partial charge in [0.2, 0.25) is 0 Å². The van der Waals surface area contributed by atoms with Crippen LogP contribution in [-0.2, 0) is 6.54 Å². The van der Waals surface area contributed by atoms with Crippen molar-refractivity contribution in [1.82, 2.24) is 5.32 Å². The van der Waals surface area contributed by atoms with E-state index in [2.05, 4.69) is 12.2 Å². The molecule has 0 saturated carbocycles. The Morgan fingerprint density at radius 1 is 1.40 bits per heavy atom. The van der Waals surface area contributed by atoms with E-state index in [1.807, 2.05) is 6.20 Å². The van der Waals surface area contributed by atoms with Crippen LogP contribution in [0.25, 0.3) is 0 Å². The highest BCUT2D eigenvalue weighted by atomic mass is 19.1. The normalized spacial score (nSPS) is 11.5. The molecule has 1 aromatic rings. The first-order chi connectivity index (χ1) is 7.26. The molecule has 0 saturated heterocycles. The standard InChI is InChI=1S/C12H17FN2/c1-2-10(7-14)8-15-9-11-3-5-12(13)6-4-11/h3-6,8,15H,2,7,9,14H2,1H3/b10-8+. The predicted octanol–water partition coefficient (Wildman–Crippen LogP) is 2.17. The van der Waals surface area contributed by atoms with E-state index in [0.717, 1.165) is 12.0 Å². The van der Waals surface area contributed by atoms with Gasteiger partial charge in [0, 0.05) is 13.1 Å². The molecule has 0 radical (unpaired) electrons. The number of rotatable bonds is 5. The van der Waals surface area contributed by atoms with Crippen LogP contribution in [0.2, 0.25) is 0 Å². The molecule has 1 aromatic carbocycles. The van der Waals surface area contributed by atoms with E-state index >= 15 is 0 Å². The second-order valence-electron chi connectivity index (χ2n) is 3.37. The van der Waals surface area contributed by atoms with Gasteiger partial charge in [-0.1, -0.05) is 19.1 Å². The first-order valence-corrected chi connectivity index (χ1v) is 5.12. The van der Waals surface area contributed by atoms with Crippen molar-refractivity contribution >= 4 is 0 Å². The van der Waals surface area contributed by atoms with Crippen LogP contribution in [0.4, 0.5) is 4.39 Å². The van der Waals surface area contributed by atoms with Crippen molar-refractivity contribution in [3.63, 3.8) is 0 Å². The molecule has 2 nitrogen and oxygen atoms in total. The fraction of sp³-hybridized carbons (Fsp3) is 0.333. The largest absolute Gasteiger partial charge is 0.387 e. The Morgan fingerprint density at radius 3 is 2.60 bits per heavy atom. The molecular weight excluding hydrogens is 191 g/mol. The average molecular weight is 208 g/mol. The molecule has 0 atom stereocenters. The van der Waals surface area contributed by atoms with Crippen molar-refractivity contribution in [1.29, 1.82) is 0 Å². The van der Waals surface area contributed by atoms with Gasteiger partial charge >= 0.3 is 0 Å². The van der Waals surface area contributed by atoms with Crippen LogP contribution in [0.1, 0.15) is 18.9 Å². The Balaban J connectivity index is 2.43. The molecule has 0 aliphatic rings. The topological polar surface area (TPSA) is 38.0 Å². The molecular formula is C12H17FN2. The first-order valence-electron chi connectivity index (χ1n) is 5.12. The fourth-order valence-electron chi connectivity index (χ4n) is 1.22. The number of halogens is 1. The Bertz CT molecular complexity index is 311. The lowest BCUT2D eigenvalue weighted by Crippen LogP contribution is -2.10. The summed E-state index contributed by atoms with van der Waals surface area (Å²) in [5.41, 5.74) is 7.76. The van der Waals surface area contributed by atoms with Crippen LogP contribution < -0.4 is 11.1 Å². The molecule has 0 unspecified atom stereocenters. The molecule has 0 aromatic heterocycles. The molecule has 1 rings (SSSR count). The highest BCUT2D eigenvalue weighted by Crippen LogP contribution is 2.02. The van der Waals surface area contributed by atoms with Crippen LogP contribution in [0, 0.1) is 5.82 Å². The molecule has 3 heteroatoms. The van der Waals surface area contributed by atoms with Gasteiger partial charge in [-0.05, 0) is 35.9 Å². The summed E-state index contributed by atoms with van der Waals surface area (Å²) in [6, 6.07) is 6.46. The summed E-state index contributed by atoms with van der Waals surface area (Å²) in [5.74, 6) is -0.203. The molecule has 0 aliphatic carbocycles. The maximum atomic E-state index is 12.6. The highest BCUT2D eigenvalue weighted by molar-refractivity contribution is 5.16. The summed E-state index contributed by atoms with van der Waals surface area (Å²) in [5, 5.41) is 3.16. The Labute approximate surface area is 90.0 Å². The summed E-state index contributed by atoms with van der Waals surface area (Å²) in [7, 11) is 0. The fourth-order valence-corrected chi connectivity index (χ4v) is 1.22. The van der Waals surface area contributed by atoms with E-state index in [4.69, 9.17) is 5.73 Å². The number of benzene rings is 1. The average Bonchev–Trinajstić information content (AvgIpc) is 2.27. The van der Waals surface area contributed by atoms with Gasteiger partial charge in [0.1, 0.15) is 5.82 Å². The van der Waals surface area contributed by atoms with Crippen molar-refractivity contribution in [2.75, 3.05) is 6.54 Å². The van der Waals surface area contributed by atoms with Crippen LogP contribution in [0.3, 0.4) is 0 Å². The maximum Gasteiger partial charge on any atom is 0.123 e. The van der Waals surface area contributed by atoms with Crippen molar-refractivity contribution in [2.45, 2.75) is 19.9 Å². The third-order valence-electron chi connectivity index (χ3n) is 2.24. The maximum absolute atomic E-state index is 12.6. The Kier molecular flexibility index (Phi) is 4.84. The third-order valence-corrected chi connectivity index (χ3v) is 2.24. The van der Waals surface area contributed by atoms with Crippen molar-refractivity contribution in [3.8, 4) is 0 Å². The summed E-state index contributed by atoms with van der Waals surface area (Å²) in [6.07, 6.45) is 2.89. The van der Waals surface area contributed by atoms with Gasteiger partial charge in [-0.3, -0.25) is 0 Å². The second-order valence-corrected chi connectivity index (χ2v) is 3.37. The van der Waals surface area contributed by atoms with E-state index in [1.165, 1.54) is 17.7 Å². The van der Waals surface area contributed by atoms with Gasteiger partial charge in [-0.2, -0.15) is 0 Å². The minimum Gasteiger partial charge on any atom is -0.387 e. The monoisotopic (exact) mass is 208 g/mol. The quantitative estimate of drug-likeness (QED) is 0.778. The SMILES string of the molecule is CC/C(=C\NCc1ccc(F)cc1)CN. The lowest BCUT2D eigenvalue weighted by molar-refractivity contribution is 0.626. The number of nitrogens with one attached hydrogen (secondary N) is 1. The molecule has 0 amide bonds. The molecule has 15 heavy (non-hydrogen) atoms. The molecule has 0 bridgehead atoms. The zero-order valence-corrected chi connectivity index (χ0v) is 8.96. The Hall–Kier alpha value is -1.35. The zero-order chi connectivity index (χ0) is 11.1. The number of nitrogens with two attached hydrogens (primary N) is 1. The predicted molar refractivity (Wildman–Crippen MR) is 60.7 cm³/mol. The van der Waals surface area contributed by atoms with Gasteiger partial charge in [0.05, 0.1) is 0 Å². The van der Waals surface area contributed by atoms with Crippen LogP contribution >= 0.6 is 0 Å². The summed E-state index contributed by atoms with van der Waals surface area (Å²) in [6.45, 7) is 3.34. The van der Waals surface area contributed by atoms with Gasteiger partial charge in [0.15, 0.2) is 0 Å². The minimum atomic E-state index is -0.203. The lowest BCUT2D eigenvalue weighted by atomic mass is 10.2. The molecule has 0 fully saturated rings. The molecule has 0 spiro atoms. The van der Waals surface area contributed by atoms with E-state index in [9.17, 15) is 4.39 Å². The minimum absolute atomic E-state index is 0.203. The smallest absolute Gasteiger partial charge is 0.123 e. The van der Waals surface area contributed by atoms with Gasteiger partial charge in [0.25, 0.3) is 0 Å². The van der Waals surface area contributed by atoms with Gasteiger partial charge in [-0.15, -0.1) is 0 Å². The van der Waals surface area contributed by atoms with E-state index < -0.39 is 0 Å². The summed E-state index contributed by atoms with van der Waals surface area (Å²) >= 11 is 0. The van der Waals surface area contributed by atoms with Gasteiger partial charge in [-0.25, -0.2) is 4.39 Å². The lowest BCUT2D eigenvalue weighted by Gasteiger charge is -2.04.